The quantitative estimate of drug-likeness (QED) is 0.532. The lowest BCUT2D eigenvalue weighted by Crippen LogP contribution is -2.16. The number of hydrogen-bond acceptors (Lipinski definition) is 7. The minimum absolute atomic E-state index is 0.0593. The van der Waals surface area contributed by atoms with Gasteiger partial charge in [0.05, 0.1) is 38.6 Å². The molecule has 2 aromatic carbocycles. The van der Waals surface area contributed by atoms with Crippen molar-refractivity contribution in [3.63, 3.8) is 0 Å². The molecule has 2 aromatic rings. The van der Waals surface area contributed by atoms with E-state index >= 15 is 0 Å². The topological polar surface area (TPSA) is 93.3 Å². The van der Waals surface area contributed by atoms with Crippen LogP contribution in [0.3, 0.4) is 0 Å². The third-order valence-electron chi connectivity index (χ3n) is 3.73. The van der Waals surface area contributed by atoms with Gasteiger partial charge >= 0.3 is 6.09 Å². The highest BCUT2D eigenvalue weighted by Gasteiger charge is 2.21. The van der Waals surface area contributed by atoms with Gasteiger partial charge in [-0.05, 0) is 36.6 Å². The van der Waals surface area contributed by atoms with Crippen molar-refractivity contribution < 1.29 is 23.4 Å². The van der Waals surface area contributed by atoms with Crippen LogP contribution in [0.1, 0.15) is 11.1 Å². The fourth-order valence-electron chi connectivity index (χ4n) is 2.32. The van der Waals surface area contributed by atoms with Crippen molar-refractivity contribution in [2.75, 3.05) is 27.6 Å². The predicted octanol–water partition coefficient (Wildman–Crippen LogP) is 4.36. The summed E-state index contributed by atoms with van der Waals surface area (Å²) in [6.07, 6.45) is 0.831. The molecule has 9 heteroatoms. The second kappa shape index (κ2) is 10.2. The van der Waals surface area contributed by atoms with E-state index in [9.17, 15) is 9.18 Å². The number of nitriles is 1. The van der Waals surface area contributed by atoms with Gasteiger partial charge in [-0.2, -0.15) is 10.3 Å². The van der Waals surface area contributed by atoms with Crippen molar-refractivity contribution in [3.8, 4) is 17.6 Å². The molecule has 0 atom stereocenters. The first kappa shape index (κ1) is 21.9. The molecule has 0 radical (unpaired) electrons. The lowest BCUT2D eigenvalue weighted by atomic mass is 10.1. The van der Waals surface area contributed by atoms with E-state index in [2.05, 4.69) is 14.7 Å². The summed E-state index contributed by atoms with van der Waals surface area (Å²) in [5.74, 6) is -0.140. The monoisotopic (exact) mass is 415 g/mol. The van der Waals surface area contributed by atoms with Gasteiger partial charge in [0.15, 0.2) is 11.5 Å². The fourth-order valence-corrected chi connectivity index (χ4v) is 2.84. The maximum absolute atomic E-state index is 14.9. The standard InChI is InChI=1S/C20H18FN3O4S/c1-26-16-9-14(15(21)10-17(16)27-2)18(19(29-4)24-20(25)28-3)23-13-7-5-12(11-22)6-8-13/h5-10H,1-4H3/b23-18+,24-19-. The minimum Gasteiger partial charge on any atom is -0.493 e. The molecule has 0 aliphatic carbocycles. The molecule has 2 rings (SSSR count). The number of rotatable bonds is 5. The molecule has 0 aromatic heterocycles. The van der Waals surface area contributed by atoms with Gasteiger partial charge < -0.3 is 14.2 Å². The van der Waals surface area contributed by atoms with E-state index in [1.165, 1.54) is 33.5 Å². The van der Waals surface area contributed by atoms with Crippen LogP contribution in [0, 0.1) is 17.1 Å². The van der Waals surface area contributed by atoms with E-state index in [-0.39, 0.29) is 27.8 Å². The normalized spacial score (nSPS) is 11.6. The molecule has 0 spiro atoms. The van der Waals surface area contributed by atoms with E-state index < -0.39 is 11.9 Å². The number of amides is 1. The second-order valence-corrected chi connectivity index (χ2v) is 6.19. The first-order valence-corrected chi connectivity index (χ1v) is 9.41. The molecular weight excluding hydrogens is 397 g/mol. The summed E-state index contributed by atoms with van der Waals surface area (Å²) in [5, 5.41) is 9.10. The Bertz CT molecular complexity index is 998. The average Bonchev–Trinajstić information content (AvgIpc) is 2.76. The van der Waals surface area contributed by atoms with Gasteiger partial charge in [-0.3, -0.25) is 0 Å². The summed E-state index contributed by atoms with van der Waals surface area (Å²) >= 11 is 1.10. The Morgan fingerprint density at radius 2 is 1.72 bits per heavy atom. The number of methoxy groups -OCH3 is 3. The number of thioether (sulfide) groups is 1. The van der Waals surface area contributed by atoms with Crippen molar-refractivity contribution >= 4 is 34.3 Å². The third-order valence-corrected chi connectivity index (χ3v) is 4.40. The largest absolute Gasteiger partial charge is 0.493 e. The Kier molecular flexibility index (Phi) is 7.74. The number of nitrogens with zero attached hydrogens (tertiary/aromatic N) is 3. The van der Waals surface area contributed by atoms with Gasteiger partial charge in [-0.1, -0.05) is 0 Å². The first-order chi connectivity index (χ1) is 14.0. The molecule has 29 heavy (non-hydrogen) atoms. The minimum atomic E-state index is -0.845. The first-order valence-electron chi connectivity index (χ1n) is 8.19. The summed E-state index contributed by atoms with van der Waals surface area (Å²) in [4.78, 5) is 20.0. The molecule has 150 valence electrons. The van der Waals surface area contributed by atoms with Gasteiger partial charge in [0.1, 0.15) is 16.6 Å². The maximum atomic E-state index is 14.9. The smallest absolute Gasteiger partial charge is 0.434 e. The summed E-state index contributed by atoms with van der Waals surface area (Å²) in [7, 11) is 4.02. The van der Waals surface area contributed by atoms with Crippen LogP contribution < -0.4 is 9.47 Å². The number of hydrogen-bond donors (Lipinski definition) is 0. The van der Waals surface area contributed by atoms with Crippen LogP contribution >= 0.6 is 11.8 Å². The average molecular weight is 415 g/mol. The molecule has 0 saturated carbocycles. The van der Waals surface area contributed by atoms with Crippen molar-refractivity contribution in [3.05, 3.63) is 53.3 Å². The Morgan fingerprint density at radius 1 is 1.10 bits per heavy atom. The van der Waals surface area contributed by atoms with Crippen molar-refractivity contribution in [1.82, 2.24) is 0 Å². The van der Waals surface area contributed by atoms with Crippen LogP contribution in [-0.4, -0.2) is 44.4 Å². The number of ether oxygens (including phenoxy) is 3. The Morgan fingerprint density at radius 3 is 2.24 bits per heavy atom. The highest BCUT2D eigenvalue weighted by atomic mass is 32.2. The number of carbonyl (C=O) groups is 1. The maximum Gasteiger partial charge on any atom is 0.434 e. The van der Waals surface area contributed by atoms with Crippen LogP contribution in [0.5, 0.6) is 11.5 Å². The van der Waals surface area contributed by atoms with Crippen molar-refractivity contribution in [2.45, 2.75) is 0 Å². The molecular formula is C20H18FN3O4S. The van der Waals surface area contributed by atoms with Gasteiger partial charge in [0, 0.05) is 11.6 Å². The summed E-state index contributed by atoms with van der Waals surface area (Å²) < 4.78 is 29.9. The van der Waals surface area contributed by atoms with Crippen molar-refractivity contribution in [1.29, 1.82) is 5.26 Å². The van der Waals surface area contributed by atoms with Gasteiger partial charge in [-0.25, -0.2) is 14.2 Å². The zero-order chi connectivity index (χ0) is 21.4. The van der Waals surface area contributed by atoms with E-state index in [1.54, 1.807) is 30.5 Å². The van der Waals surface area contributed by atoms with Crippen LogP contribution in [-0.2, 0) is 4.74 Å². The fraction of sp³-hybridized carbons (Fsp3) is 0.200. The van der Waals surface area contributed by atoms with Gasteiger partial charge in [-0.15, -0.1) is 11.8 Å². The highest BCUT2D eigenvalue weighted by molar-refractivity contribution is 8.15. The lowest BCUT2D eigenvalue weighted by Gasteiger charge is -2.13. The number of benzene rings is 2. The Labute approximate surface area is 171 Å². The van der Waals surface area contributed by atoms with Crippen LogP contribution in [0.4, 0.5) is 14.9 Å². The zero-order valence-corrected chi connectivity index (χ0v) is 17.0. The molecule has 0 heterocycles. The molecule has 1 amide bonds. The van der Waals surface area contributed by atoms with Crippen molar-refractivity contribution in [2.24, 2.45) is 9.98 Å². The molecule has 7 nitrogen and oxygen atoms in total. The highest BCUT2D eigenvalue weighted by Crippen LogP contribution is 2.31. The third kappa shape index (κ3) is 5.33. The van der Waals surface area contributed by atoms with Crippen LogP contribution in [0.15, 0.2) is 46.4 Å². The molecule has 0 unspecified atom stereocenters. The van der Waals surface area contributed by atoms with Gasteiger partial charge in [0.25, 0.3) is 0 Å². The second-order valence-electron chi connectivity index (χ2n) is 5.40. The Balaban J connectivity index is 2.73. The molecule has 0 aliphatic rings. The summed E-state index contributed by atoms with van der Waals surface area (Å²) in [5.41, 5.74) is 1.06. The van der Waals surface area contributed by atoms with Crippen LogP contribution in [0.2, 0.25) is 0 Å². The molecule has 0 fully saturated rings. The number of aliphatic imine (C=N–C) groups is 2. The lowest BCUT2D eigenvalue weighted by molar-refractivity contribution is 0.183. The van der Waals surface area contributed by atoms with E-state index in [0.717, 1.165) is 11.8 Å². The predicted molar refractivity (Wildman–Crippen MR) is 110 cm³/mol. The van der Waals surface area contributed by atoms with E-state index in [4.69, 9.17) is 14.7 Å². The molecule has 0 saturated heterocycles. The van der Waals surface area contributed by atoms with Crippen LogP contribution in [0.25, 0.3) is 0 Å². The van der Waals surface area contributed by atoms with E-state index in [1.807, 2.05) is 6.07 Å². The SMILES string of the molecule is COC(=O)/N=C(SC)/C(=N/c1ccc(C#N)cc1)c1cc(OC)c(OC)cc1F. The molecule has 0 aliphatic heterocycles. The summed E-state index contributed by atoms with van der Waals surface area (Å²) in [6, 6.07) is 11.0. The molecule has 0 bridgehead atoms. The number of halogens is 1. The summed E-state index contributed by atoms with van der Waals surface area (Å²) in [6.45, 7) is 0. The van der Waals surface area contributed by atoms with Gasteiger partial charge in [0.2, 0.25) is 0 Å². The Hall–Kier alpha value is -3.38. The number of carbonyl (C=O) groups excluding carboxylic acids is 1. The van der Waals surface area contributed by atoms with E-state index in [0.29, 0.717) is 11.3 Å². The zero-order valence-electron chi connectivity index (χ0n) is 16.2. The molecule has 0 N–H and O–H groups in total.